The van der Waals surface area contributed by atoms with E-state index in [-0.39, 0.29) is 11.5 Å². The van der Waals surface area contributed by atoms with Gasteiger partial charge in [0.05, 0.1) is 16.6 Å². The highest BCUT2D eigenvalue weighted by Crippen LogP contribution is 2.26. The molecule has 0 bridgehead atoms. The number of hydrogen-bond acceptors (Lipinski definition) is 5. The molecule has 0 aliphatic carbocycles. The molecule has 26 heavy (non-hydrogen) atoms. The zero-order chi connectivity index (χ0) is 18.5. The third-order valence-electron chi connectivity index (χ3n) is 4.30. The number of nitrogens with zero attached hydrogens (tertiary/aromatic N) is 3. The lowest BCUT2D eigenvalue weighted by Gasteiger charge is -2.05. The first-order valence-electron chi connectivity index (χ1n) is 8.77. The number of fused-ring (bicyclic) bond motifs is 1. The molecule has 3 aromatic heterocycles. The summed E-state index contributed by atoms with van der Waals surface area (Å²) in [5, 5.41) is 3.44. The van der Waals surface area contributed by atoms with Crippen LogP contribution in [0.25, 0.3) is 10.2 Å². The Morgan fingerprint density at radius 1 is 1.35 bits per heavy atom. The van der Waals surface area contributed by atoms with Gasteiger partial charge in [0.1, 0.15) is 4.83 Å². The molecule has 3 heterocycles. The Morgan fingerprint density at radius 2 is 2.19 bits per heavy atom. The SMILES string of the molecule is CCCCCn1cnc2sc(C(=O)NCc3cccnc3)c(C)c2c1=O. The van der Waals surface area contributed by atoms with E-state index in [2.05, 4.69) is 22.2 Å². The fourth-order valence-corrected chi connectivity index (χ4v) is 3.89. The van der Waals surface area contributed by atoms with Gasteiger partial charge < -0.3 is 5.32 Å². The molecule has 136 valence electrons. The van der Waals surface area contributed by atoms with Crippen LogP contribution in [-0.2, 0) is 13.1 Å². The lowest BCUT2D eigenvalue weighted by atomic mass is 10.2. The van der Waals surface area contributed by atoms with Crippen LogP contribution in [0, 0.1) is 6.92 Å². The van der Waals surface area contributed by atoms with Crippen LogP contribution >= 0.6 is 11.3 Å². The molecule has 7 heteroatoms. The lowest BCUT2D eigenvalue weighted by Crippen LogP contribution is -2.23. The third kappa shape index (κ3) is 3.83. The molecule has 0 aliphatic rings. The smallest absolute Gasteiger partial charge is 0.262 e. The van der Waals surface area contributed by atoms with Crippen molar-refractivity contribution >= 4 is 27.5 Å². The summed E-state index contributed by atoms with van der Waals surface area (Å²) >= 11 is 1.27. The molecule has 0 aliphatic heterocycles. The maximum absolute atomic E-state index is 12.7. The Hall–Kier alpha value is -2.54. The Kier molecular flexibility index (Phi) is 5.78. The summed E-state index contributed by atoms with van der Waals surface area (Å²) in [7, 11) is 0. The number of carbonyl (C=O) groups excluding carboxylic acids is 1. The molecule has 3 rings (SSSR count). The van der Waals surface area contributed by atoms with E-state index in [1.54, 1.807) is 23.3 Å². The molecule has 0 spiro atoms. The number of carbonyl (C=O) groups is 1. The minimum Gasteiger partial charge on any atom is -0.347 e. The molecule has 0 unspecified atom stereocenters. The Morgan fingerprint density at radius 3 is 2.92 bits per heavy atom. The molecule has 6 nitrogen and oxygen atoms in total. The molecular formula is C19H22N4O2S. The van der Waals surface area contributed by atoms with E-state index in [4.69, 9.17) is 0 Å². The van der Waals surface area contributed by atoms with E-state index in [0.29, 0.717) is 33.7 Å². The molecule has 0 saturated carbocycles. The van der Waals surface area contributed by atoms with Crippen molar-refractivity contribution in [3.63, 3.8) is 0 Å². The molecular weight excluding hydrogens is 348 g/mol. The zero-order valence-corrected chi connectivity index (χ0v) is 15.8. The van der Waals surface area contributed by atoms with Gasteiger partial charge >= 0.3 is 0 Å². The van der Waals surface area contributed by atoms with Gasteiger partial charge in [-0.15, -0.1) is 11.3 Å². The Bertz CT molecular complexity index is 963. The second kappa shape index (κ2) is 8.23. The van der Waals surface area contributed by atoms with Crippen LogP contribution in [0.3, 0.4) is 0 Å². The van der Waals surface area contributed by atoms with Crippen molar-refractivity contribution in [2.24, 2.45) is 0 Å². The molecule has 0 aromatic carbocycles. The number of hydrogen-bond donors (Lipinski definition) is 1. The average molecular weight is 370 g/mol. The number of amides is 1. The fourth-order valence-electron chi connectivity index (χ4n) is 2.83. The van der Waals surface area contributed by atoms with Crippen LogP contribution in [-0.4, -0.2) is 20.4 Å². The number of aryl methyl sites for hydroxylation is 2. The van der Waals surface area contributed by atoms with Gasteiger partial charge in [-0.25, -0.2) is 4.98 Å². The summed E-state index contributed by atoms with van der Waals surface area (Å²) < 4.78 is 1.65. The van der Waals surface area contributed by atoms with Crippen molar-refractivity contribution in [1.29, 1.82) is 0 Å². The van der Waals surface area contributed by atoms with Gasteiger partial charge in [0.15, 0.2) is 0 Å². The van der Waals surface area contributed by atoms with Crippen LogP contribution in [0.2, 0.25) is 0 Å². The van der Waals surface area contributed by atoms with E-state index in [1.165, 1.54) is 11.3 Å². The predicted molar refractivity (Wildman–Crippen MR) is 104 cm³/mol. The van der Waals surface area contributed by atoms with Gasteiger partial charge in [0.2, 0.25) is 0 Å². The highest BCUT2D eigenvalue weighted by atomic mass is 32.1. The standard InChI is InChI=1S/C19H22N4O2S/c1-3-4-5-9-23-12-22-18-15(19(23)25)13(2)16(26-18)17(24)21-11-14-7-6-8-20-10-14/h6-8,10,12H,3-5,9,11H2,1-2H3,(H,21,24). The number of nitrogens with one attached hydrogen (secondary N) is 1. The zero-order valence-electron chi connectivity index (χ0n) is 15.0. The fraction of sp³-hybridized carbons (Fsp3) is 0.368. The first-order chi connectivity index (χ1) is 12.6. The minimum atomic E-state index is -0.189. The van der Waals surface area contributed by atoms with Crippen molar-refractivity contribution in [2.75, 3.05) is 0 Å². The Labute approximate surface area is 155 Å². The van der Waals surface area contributed by atoms with Gasteiger partial charge in [-0.1, -0.05) is 25.8 Å². The van der Waals surface area contributed by atoms with Crippen molar-refractivity contribution in [1.82, 2.24) is 19.9 Å². The monoisotopic (exact) mass is 370 g/mol. The van der Waals surface area contributed by atoms with Crippen molar-refractivity contribution in [3.05, 3.63) is 57.2 Å². The minimum absolute atomic E-state index is 0.0637. The molecule has 0 atom stereocenters. The second-order valence-electron chi connectivity index (χ2n) is 6.23. The summed E-state index contributed by atoms with van der Waals surface area (Å²) in [6.07, 6.45) is 8.13. The summed E-state index contributed by atoms with van der Waals surface area (Å²) in [4.78, 5) is 34.9. The predicted octanol–water partition coefficient (Wildman–Crippen LogP) is 3.28. The van der Waals surface area contributed by atoms with Gasteiger partial charge in [-0.05, 0) is 30.5 Å². The maximum Gasteiger partial charge on any atom is 0.262 e. The van der Waals surface area contributed by atoms with E-state index in [9.17, 15) is 9.59 Å². The van der Waals surface area contributed by atoms with Crippen LogP contribution < -0.4 is 10.9 Å². The average Bonchev–Trinajstić information content (AvgIpc) is 3.00. The Balaban J connectivity index is 1.83. The number of pyridine rings is 1. The van der Waals surface area contributed by atoms with Crippen molar-refractivity contribution in [2.45, 2.75) is 46.2 Å². The van der Waals surface area contributed by atoms with Gasteiger partial charge in [-0.3, -0.25) is 19.1 Å². The molecule has 1 amide bonds. The van der Waals surface area contributed by atoms with Crippen molar-refractivity contribution in [3.8, 4) is 0 Å². The highest BCUT2D eigenvalue weighted by Gasteiger charge is 2.19. The van der Waals surface area contributed by atoms with E-state index >= 15 is 0 Å². The first-order valence-corrected chi connectivity index (χ1v) is 9.59. The normalized spacial score (nSPS) is 11.0. The van der Waals surface area contributed by atoms with Crippen LogP contribution in [0.1, 0.15) is 47.0 Å². The summed E-state index contributed by atoms with van der Waals surface area (Å²) in [5.41, 5.74) is 1.57. The quantitative estimate of drug-likeness (QED) is 0.648. The molecule has 1 N–H and O–H groups in total. The largest absolute Gasteiger partial charge is 0.347 e. The first kappa shape index (κ1) is 18.3. The summed E-state index contributed by atoms with van der Waals surface area (Å²) in [5.74, 6) is -0.189. The molecule has 0 fully saturated rings. The van der Waals surface area contributed by atoms with E-state index < -0.39 is 0 Å². The van der Waals surface area contributed by atoms with Crippen LogP contribution in [0.5, 0.6) is 0 Å². The maximum atomic E-state index is 12.7. The van der Waals surface area contributed by atoms with Gasteiger partial charge in [0.25, 0.3) is 11.5 Å². The lowest BCUT2D eigenvalue weighted by molar-refractivity contribution is 0.0954. The number of thiophene rings is 1. The number of unbranched alkanes of at least 4 members (excludes halogenated alkanes) is 2. The topological polar surface area (TPSA) is 76.9 Å². The van der Waals surface area contributed by atoms with Crippen molar-refractivity contribution < 1.29 is 4.79 Å². The second-order valence-corrected chi connectivity index (χ2v) is 7.23. The van der Waals surface area contributed by atoms with E-state index in [0.717, 1.165) is 24.8 Å². The van der Waals surface area contributed by atoms with Crippen LogP contribution in [0.4, 0.5) is 0 Å². The summed E-state index contributed by atoms with van der Waals surface area (Å²) in [6.45, 7) is 5.00. The van der Waals surface area contributed by atoms with Gasteiger partial charge in [0, 0.05) is 25.5 Å². The summed E-state index contributed by atoms with van der Waals surface area (Å²) in [6, 6.07) is 3.73. The van der Waals surface area contributed by atoms with E-state index in [1.807, 2.05) is 19.1 Å². The number of aromatic nitrogens is 3. The third-order valence-corrected chi connectivity index (χ3v) is 5.50. The number of rotatable bonds is 7. The molecule has 0 radical (unpaired) electrons. The van der Waals surface area contributed by atoms with Gasteiger partial charge in [-0.2, -0.15) is 0 Å². The molecule has 3 aromatic rings. The highest BCUT2D eigenvalue weighted by molar-refractivity contribution is 7.20. The van der Waals surface area contributed by atoms with Crippen LogP contribution in [0.15, 0.2) is 35.6 Å². The molecule has 0 saturated heterocycles.